The molecular weight excluding hydrogens is 294 g/mol. The summed E-state index contributed by atoms with van der Waals surface area (Å²) in [7, 11) is 0. The van der Waals surface area contributed by atoms with Crippen molar-refractivity contribution < 1.29 is 9.18 Å². The fourth-order valence-electron chi connectivity index (χ4n) is 1.53. The van der Waals surface area contributed by atoms with E-state index in [1.165, 1.54) is 6.07 Å². The molecule has 0 aromatic heterocycles. The first-order valence-electron chi connectivity index (χ1n) is 5.64. The molecule has 0 heterocycles. The van der Waals surface area contributed by atoms with Crippen LogP contribution < -0.4 is 0 Å². The van der Waals surface area contributed by atoms with Crippen LogP contribution >= 0.6 is 0 Å². The third kappa shape index (κ3) is 3.28. The quantitative estimate of drug-likeness (QED) is 0.793. The number of rotatable bonds is 4. The molecule has 1 nitrogen and oxygen atoms in total. The Morgan fingerprint density at radius 2 is 1.78 bits per heavy atom. The van der Waals surface area contributed by atoms with E-state index >= 15 is 0 Å². The molecule has 0 aliphatic rings. The third-order valence-electron chi connectivity index (χ3n) is 2.60. The van der Waals surface area contributed by atoms with Crippen LogP contribution in [0.1, 0.15) is 21.5 Å². The zero-order valence-electron chi connectivity index (χ0n) is 10.0. The van der Waals surface area contributed by atoms with Crippen molar-refractivity contribution in [3.8, 4) is 0 Å². The number of carbonyl (C=O) groups excluding carboxylic acids is 1. The second-order valence-corrected chi connectivity index (χ2v) is 6.02. The SMILES string of the molecule is Cc1ccc(C(=O)[Se]Cc2ccccc2F)cc1. The summed E-state index contributed by atoms with van der Waals surface area (Å²) in [6, 6.07) is 14.1. The first kappa shape index (κ1) is 13.0. The molecule has 0 atom stereocenters. The zero-order valence-corrected chi connectivity index (χ0v) is 11.7. The summed E-state index contributed by atoms with van der Waals surface area (Å²) < 4.78 is 13.5. The van der Waals surface area contributed by atoms with E-state index < -0.39 is 0 Å². The van der Waals surface area contributed by atoms with Gasteiger partial charge in [0.2, 0.25) is 0 Å². The van der Waals surface area contributed by atoms with Crippen LogP contribution in [0.4, 0.5) is 4.39 Å². The number of carbonyl (C=O) groups is 1. The van der Waals surface area contributed by atoms with E-state index in [1.807, 2.05) is 31.2 Å². The molecule has 0 radical (unpaired) electrons. The molecule has 0 aliphatic heterocycles. The van der Waals surface area contributed by atoms with Gasteiger partial charge in [-0.3, -0.25) is 0 Å². The Balaban J connectivity index is 2.01. The summed E-state index contributed by atoms with van der Waals surface area (Å²) in [6.07, 6.45) is 0. The van der Waals surface area contributed by atoms with Crippen LogP contribution in [0.2, 0.25) is 0 Å². The molecule has 2 rings (SSSR count). The molecule has 18 heavy (non-hydrogen) atoms. The van der Waals surface area contributed by atoms with Crippen molar-refractivity contribution in [2.24, 2.45) is 0 Å². The number of aryl methyl sites for hydroxylation is 1. The van der Waals surface area contributed by atoms with Gasteiger partial charge < -0.3 is 0 Å². The van der Waals surface area contributed by atoms with Gasteiger partial charge in [-0.2, -0.15) is 0 Å². The molecule has 92 valence electrons. The number of halogens is 1. The second-order valence-electron chi connectivity index (χ2n) is 4.03. The first-order valence-corrected chi connectivity index (χ1v) is 7.71. The first-order chi connectivity index (χ1) is 8.66. The molecule has 0 fully saturated rings. The Hall–Kier alpha value is -1.44. The van der Waals surface area contributed by atoms with Gasteiger partial charge in [0, 0.05) is 0 Å². The number of hydrogen-bond acceptors (Lipinski definition) is 1. The van der Waals surface area contributed by atoms with Crippen molar-refractivity contribution in [2.75, 3.05) is 0 Å². The molecular formula is C15H13FOSe. The van der Waals surface area contributed by atoms with Gasteiger partial charge in [0.1, 0.15) is 0 Å². The molecule has 2 aromatic rings. The van der Waals surface area contributed by atoms with Gasteiger partial charge in [-0.15, -0.1) is 0 Å². The van der Waals surface area contributed by atoms with Crippen LogP contribution in [-0.2, 0) is 5.32 Å². The number of benzene rings is 2. The summed E-state index contributed by atoms with van der Waals surface area (Å²) in [4.78, 5) is 11.9. The minimum absolute atomic E-state index is 0.116. The summed E-state index contributed by atoms with van der Waals surface area (Å²) in [5.41, 5.74) is 2.48. The summed E-state index contributed by atoms with van der Waals surface area (Å²) in [6.45, 7) is 1.98. The standard InChI is InChI=1S/C15H13FOSe/c1-11-6-8-12(9-7-11)15(17)18-10-13-4-2-3-5-14(13)16/h2-9H,10H2,1H3. The molecule has 0 saturated heterocycles. The summed E-state index contributed by atoms with van der Waals surface area (Å²) in [5.74, 6) is -0.226. The fourth-order valence-corrected chi connectivity index (χ4v) is 3.26. The van der Waals surface area contributed by atoms with Gasteiger partial charge >= 0.3 is 112 Å². The third-order valence-corrected chi connectivity index (χ3v) is 4.60. The molecule has 0 amide bonds. The Kier molecular flexibility index (Phi) is 4.29. The molecule has 0 spiro atoms. The van der Waals surface area contributed by atoms with Crippen LogP contribution in [0.3, 0.4) is 0 Å². The van der Waals surface area contributed by atoms with Crippen LogP contribution in [0.25, 0.3) is 0 Å². The van der Waals surface area contributed by atoms with Gasteiger partial charge in [0.05, 0.1) is 0 Å². The molecule has 0 saturated carbocycles. The predicted molar refractivity (Wildman–Crippen MR) is 71.4 cm³/mol. The van der Waals surface area contributed by atoms with E-state index in [9.17, 15) is 9.18 Å². The van der Waals surface area contributed by atoms with E-state index in [2.05, 4.69) is 0 Å². The average Bonchev–Trinajstić information content (AvgIpc) is 2.38. The Bertz CT molecular complexity index is 549. The van der Waals surface area contributed by atoms with Crippen LogP contribution in [0.15, 0.2) is 48.5 Å². The molecule has 0 aliphatic carbocycles. The molecule has 2 aromatic carbocycles. The zero-order chi connectivity index (χ0) is 13.0. The monoisotopic (exact) mass is 308 g/mol. The Morgan fingerprint density at radius 3 is 2.44 bits per heavy atom. The van der Waals surface area contributed by atoms with Crippen molar-refractivity contribution in [3.05, 3.63) is 71.0 Å². The predicted octanol–water partition coefficient (Wildman–Crippen LogP) is 3.18. The van der Waals surface area contributed by atoms with E-state index in [0.717, 1.165) is 11.1 Å². The minimum atomic E-state index is -0.253. The molecule has 0 bridgehead atoms. The van der Waals surface area contributed by atoms with Gasteiger partial charge in [0.25, 0.3) is 0 Å². The molecule has 0 N–H and O–H groups in total. The van der Waals surface area contributed by atoms with Gasteiger partial charge in [-0.1, -0.05) is 0 Å². The molecule has 3 heteroatoms. The Morgan fingerprint density at radius 1 is 1.11 bits per heavy atom. The van der Waals surface area contributed by atoms with Gasteiger partial charge in [0.15, 0.2) is 0 Å². The van der Waals surface area contributed by atoms with E-state index in [0.29, 0.717) is 10.9 Å². The maximum absolute atomic E-state index is 13.4. The summed E-state index contributed by atoms with van der Waals surface area (Å²) >= 11 is -0.253. The average molecular weight is 307 g/mol. The van der Waals surface area contributed by atoms with E-state index in [-0.39, 0.29) is 25.5 Å². The van der Waals surface area contributed by atoms with Crippen molar-refractivity contribution >= 4 is 19.6 Å². The normalized spacial score (nSPS) is 10.3. The summed E-state index contributed by atoms with van der Waals surface area (Å²) in [5, 5.41) is 0.506. The van der Waals surface area contributed by atoms with Crippen LogP contribution in [0, 0.1) is 12.7 Å². The van der Waals surface area contributed by atoms with Crippen LogP contribution in [0.5, 0.6) is 0 Å². The maximum atomic E-state index is 13.4. The molecule has 0 unspecified atom stereocenters. The fraction of sp³-hybridized carbons (Fsp3) is 0.133. The van der Waals surface area contributed by atoms with Gasteiger partial charge in [-0.25, -0.2) is 0 Å². The van der Waals surface area contributed by atoms with E-state index in [1.54, 1.807) is 18.2 Å². The number of hydrogen-bond donors (Lipinski definition) is 0. The van der Waals surface area contributed by atoms with Crippen molar-refractivity contribution in [3.63, 3.8) is 0 Å². The van der Waals surface area contributed by atoms with E-state index in [4.69, 9.17) is 0 Å². The Labute approximate surface area is 112 Å². The second kappa shape index (κ2) is 5.94. The van der Waals surface area contributed by atoms with Gasteiger partial charge in [-0.05, 0) is 0 Å². The van der Waals surface area contributed by atoms with Crippen molar-refractivity contribution in [1.29, 1.82) is 0 Å². The van der Waals surface area contributed by atoms with Crippen LogP contribution in [-0.4, -0.2) is 19.6 Å². The van der Waals surface area contributed by atoms with Crippen molar-refractivity contribution in [2.45, 2.75) is 12.2 Å². The van der Waals surface area contributed by atoms with Crippen molar-refractivity contribution in [1.82, 2.24) is 0 Å². The topological polar surface area (TPSA) is 17.1 Å².